The Morgan fingerprint density at radius 2 is 1.94 bits per heavy atom. The summed E-state index contributed by atoms with van der Waals surface area (Å²) in [5, 5.41) is 17.5. The first kappa shape index (κ1) is 11.5. The summed E-state index contributed by atoms with van der Waals surface area (Å²) in [6.07, 6.45) is 2.96. The highest BCUT2D eigenvalue weighted by molar-refractivity contribution is 6.31. The maximum Gasteiger partial charge on any atom is 0.211 e. The van der Waals surface area contributed by atoms with Crippen LogP contribution in [0, 0.1) is 0 Å². The zero-order valence-corrected chi connectivity index (χ0v) is 9.54. The molecular formula is C11H9ClN4O. The van der Waals surface area contributed by atoms with E-state index in [-0.39, 0.29) is 23.3 Å². The Morgan fingerprint density at radius 1 is 1.18 bits per heavy atom. The van der Waals surface area contributed by atoms with Crippen molar-refractivity contribution in [1.29, 1.82) is 0 Å². The number of nitrogens with zero attached hydrogens (tertiary/aromatic N) is 4. The first-order valence-electron chi connectivity index (χ1n) is 4.88. The largest absolute Gasteiger partial charge is 0.508 e. The van der Waals surface area contributed by atoms with Gasteiger partial charge >= 0.3 is 0 Å². The molecule has 86 valence electrons. The Morgan fingerprint density at radius 3 is 2.71 bits per heavy atom. The van der Waals surface area contributed by atoms with Crippen LogP contribution in [0.15, 0.2) is 46.9 Å². The maximum atomic E-state index is 9.51. The van der Waals surface area contributed by atoms with Gasteiger partial charge < -0.3 is 5.11 Å². The minimum Gasteiger partial charge on any atom is -0.508 e. The third-order valence-electron chi connectivity index (χ3n) is 2.03. The van der Waals surface area contributed by atoms with Gasteiger partial charge in [-0.15, -0.1) is 5.11 Å². The Labute approximate surface area is 103 Å². The number of benzene rings is 1. The van der Waals surface area contributed by atoms with E-state index in [0.717, 1.165) is 0 Å². The van der Waals surface area contributed by atoms with Crippen molar-refractivity contribution >= 4 is 17.4 Å². The normalized spacial score (nSPS) is 10.9. The Bertz CT molecular complexity index is 544. The van der Waals surface area contributed by atoms with Gasteiger partial charge in [-0.1, -0.05) is 29.8 Å². The van der Waals surface area contributed by atoms with Crippen LogP contribution in [0.3, 0.4) is 0 Å². The van der Waals surface area contributed by atoms with E-state index in [0.29, 0.717) is 5.56 Å². The van der Waals surface area contributed by atoms with Crippen LogP contribution >= 0.6 is 11.6 Å². The molecule has 0 amide bonds. The summed E-state index contributed by atoms with van der Waals surface area (Å²) in [7, 11) is 0. The van der Waals surface area contributed by atoms with Gasteiger partial charge in [0.05, 0.1) is 6.54 Å². The molecule has 1 heterocycles. The molecule has 0 atom stereocenters. The van der Waals surface area contributed by atoms with Crippen molar-refractivity contribution in [3.63, 3.8) is 0 Å². The van der Waals surface area contributed by atoms with Crippen LogP contribution < -0.4 is 0 Å². The number of para-hydroxylation sites is 1. The summed E-state index contributed by atoms with van der Waals surface area (Å²) < 4.78 is 0. The molecule has 1 aromatic heterocycles. The first-order chi connectivity index (χ1) is 8.27. The summed E-state index contributed by atoms with van der Waals surface area (Å²) in [6.45, 7) is 0.263. The molecule has 0 saturated carbocycles. The number of hydrogen-bond acceptors (Lipinski definition) is 5. The van der Waals surface area contributed by atoms with Gasteiger partial charge in [-0.25, -0.2) is 9.97 Å². The van der Waals surface area contributed by atoms with E-state index >= 15 is 0 Å². The van der Waals surface area contributed by atoms with E-state index in [1.54, 1.807) is 18.2 Å². The van der Waals surface area contributed by atoms with E-state index < -0.39 is 0 Å². The lowest BCUT2D eigenvalue weighted by atomic mass is 10.2. The average Bonchev–Trinajstić information content (AvgIpc) is 2.34. The molecule has 0 aliphatic carbocycles. The monoisotopic (exact) mass is 248 g/mol. The van der Waals surface area contributed by atoms with E-state index in [9.17, 15) is 5.11 Å². The van der Waals surface area contributed by atoms with E-state index in [4.69, 9.17) is 11.6 Å². The topological polar surface area (TPSA) is 70.7 Å². The molecule has 0 aliphatic heterocycles. The fourth-order valence-corrected chi connectivity index (χ4v) is 1.35. The zero-order chi connectivity index (χ0) is 12.1. The molecule has 0 bridgehead atoms. The van der Waals surface area contributed by atoms with Gasteiger partial charge in [-0.3, -0.25) is 0 Å². The van der Waals surface area contributed by atoms with E-state index in [1.165, 1.54) is 12.4 Å². The minimum absolute atomic E-state index is 0.191. The molecule has 1 N–H and O–H groups in total. The molecule has 6 heteroatoms. The van der Waals surface area contributed by atoms with E-state index in [2.05, 4.69) is 20.2 Å². The summed E-state index contributed by atoms with van der Waals surface area (Å²) in [4.78, 5) is 7.74. The quantitative estimate of drug-likeness (QED) is 0.849. The summed E-state index contributed by atoms with van der Waals surface area (Å²) >= 11 is 5.76. The number of rotatable bonds is 3. The molecule has 0 saturated heterocycles. The van der Waals surface area contributed by atoms with Crippen LogP contribution in [-0.2, 0) is 6.54 Å². The number of halogens is 1. The van der Waals surface area contributed by atoms with Crippen molar-refractivity contribution in [3.05, 3.63) is 47.4 Å². The highest BCUT2D eigenvalue weighted by Gasteiger charge is 2.00. The van der Waals surface area contributed by atoms with Gasteiger partial charge in [0.25, 0.3) is 0 Å². The summed E-state index contributed by atoms with van der Waals surface area (Å²) in [5.41, 5.74) is 0.691. The van der Waals surface area contributed by atoms with Crippen LogP contribution in [0.4, 0.5) is 5.82 Å². The van der Waals surface area contributed by atoms with Crippen LogP contribution in [-0.4, -0.2) is 15.1 Å². The van der Waals surface area contributed by atoms with Crippen molar-refractivity contribution < 1.29 is 5.11 Å². The fraction of sp³-hybridized carbons (Fsp3) is 0.0909. The van der Waals surface area contributed by atoms with Crippen molar-refractivity contribution in [2.45, 2.75) is 6.54 Å². The minimum atomic E-state index is 0.191. The molecule has 0 fully saturated rings. The predicted molar refractivity (Wildman–Crippen MR) is 63.4 cm³/mol. The van der Waals surface area contributed by atoms with E-state index in [1.807, 2.05) is 6.07 Å². The molecule has 1 aromatic carbocycles. The highest BCUT2D eigenvalue weighted by Crippen LogP contribution is 2.20. The van der Waals surface area contributed by atoms with Crippen molar-refractivity contribution in [1.82, 2.24) is 9.97 Å². The number of phenols is 1. The number of hydrogen-bond donors (Lipinski definition) is 1. The van der Waals surface area contributed by atoms with Gasteiger partial charge in [0.15, 0.2) is 5.15 Å². The summed E-state index contributed by atoms with van der Waals surface area (Å²) in [5.74, 6) is 0.460. The average molecular weight is 249 g/mol. The van der Waals surface area contributed by atoms with Gasteiger partial charge in [-0.05, 0) is 6.07 Å². The third-order valence-corrected chi connectivity index (χ3v) is 2.30. The lowest BCUT2D eigenvalue weighted by Gasteiger charge is -1.98. The molecule has 0 spiro atoms. The second-order valence-electron chi connectivity index (χ2n) is 3.20. The van der Waals surface area contributed by atoms with Crippen molar-refractivity contribution in [2.75, 3.05) is 0 Å². The summed E-state index contributed by atoms with van der Waals surface area (Å²) in [6, 6.07) is 6.93. The van der Waals surface area contributed by atoms with Gasteiger partial charge in [0, 0.05) is 18.0 Å². The predicted octanol–water partition coefficient (Wildman–Crippen LogP) is 3.12. The smallest absolute Gasteiger partial charge is 0.211 e. The molecule has 2 aromatic rings. The molecule has 0 aliphatic rings. The van der Waals surface area contributed by atoms with Gasteiger partial charge in [0.2, 0.25) is 5.82 Å². The Balaban J connectivity index is 2.09. The molecule has 5 nitrogen and oxygen atoms in total. The van der Waals surface area contributed by atoms with Crippen LogP contribution in [0.2, 0.25) is 5.15 Å². The fourth-order valence-electron chi connectivity index (χ4n) is 1.20. The van der Waals surface area contributed by atoms with Gasteiger partial charge in [-0.2, -0.15) is 5.11 Å². The highest BCUT2D eigenvalue weighted by atomic mass is 35.5. The Kier molecular flexibility index (Phi) is 3.62. The van der Waals surface area contributed by atoms with Crippen LogP contribution in [0.5, 0.6) is 5.75 Å². The van der Waals surface area contributed by atoms with Crippen LogP contribution in [0.1, 0.15) is 5.56 Å². The maximum absolute atomic E-state index is 9.51. The number of aromatic hydroxyl groups is 1. The second-order valence-corrected chi connectivity index (χ2v) is 3.56. The lowest BCUT2D eigenvalue weighted by molar-refractivity contribution is 0.468. The van der Waals surface area contributed by atoms with Crippen LogP contribution in [0.25, 0.3) is 0 Å². The second kappa shape index (κ2) is 5.36. The molecule has 2 rings (SSSR count). The molecule has 0 radical (unpaired) electrons. The van der Waals surface area contributed by atoms with Crippen molar-refractivity contribution in [3.8, 4) is 5.75 Å². The number of azo groups is 1. The standard InChI is InChI=1S/C11H9ClN4O/c12-10-11(14-6-5-13-10)16-15-7-8-3-1-2-4-9(8)17/h1-6,17H,7H2. The van der Waals surface area contributed by atoms with Gasteiger partial charge in [0.1, 0.15) is 5.75 Å². The Hall–Kier alpha value is -2.01. The molecular weight excluding hydrogens is 240 g/mol. The molecule has 0 unspecified atom stereocenters. The first-order valence-corrected chi connectivity index (χ1v) is 5.26. The lowest BCUT2D eigenvalue weighted by Crippen LogP contribution is -1.82. The number of aromatic nitrogens is 2. The van der Waals surface area contributed by atoms with Crippen molar-refractivity contribution in [2.24, 2.45) is 10.2 Å². The zero-order valence-electron chi connectivity index (χ0n) is 8.79. The molecule has 17 heavy (non-hydrogen) atoms. The SMILES string of the molecule is Oc1ccccc1CN=Nc1nccnc1Cl. The third kappa shape index (κ3) is 2.98. The number of phenolic OH excluding ortho intramolecular Hbond substituents is 1.